The van der Waals surface area contributed by atoms with E-state index < -0.39 is 8.80 Å². The van der Waals surface area contributed by atoms with Gasteiger partial charge in [-0.15, -0.1) is 0 Å². The minimum atomic E-state index is -2.67. The van der Waals surface area contributed by atoms with Crippen LogP contribution >= 0.6 is 12.6 Å². The van der Waals surface area contributed by atoms with Crippen LogP contribution in [0.1, 0.15) is 19.8 Å². The summed E-state index contributed by atoms with van der Waals surface area (Å²) >= 11 is 4.13. The van der Waals surface area contributed by atoms with Crippen LogP contribution in [0.25, 0.3) is 0 Å². The van der Waals surface area contributed by atoms with Gasteiger partial charge in [0.2, 0.25) is 0 Å². The van der Waals surface area contributed by atoms with Gasteiger partial charge in [-0.1, -0.05) is 6.92 Å². The second kappa shape index (κ2) is 8.55. The zero-order valence-electron chi connectivity index (χ0n) is 9.99. The maximum absolute atomic E-state index is 5.73. The SMILES string of the molecule is CCC(OC)[Si](OC)(OC)OCCCS. The Morgan fingerprint density at radius 1 is 1.20 bits per heavy atom. The lowest BCUT2D eigenvalue weighted by Gasteiger charge is -2.32. The summed E-state index contributed by atoms with van der Waals surface area (Å²) in [6, 6.07) is 0. The van der Waals surface area contributed by atoms with Gasteiger partial charge in [-0.05, 0) is 18.6 Å². The fourth-order valence-corrected chi connectivity index (χ4v) is 3.86. The summed E-state index contributed by atoms with van der Waals surface area (Å²) in [5.74, 6) is 0.793. The monoisotopic (exact) mass is 254 g/mol. The predicted octanol–water partition coefficient (Wildman–Crippen LogP) is 1.52. The first-order valence-corrected chi connectivity index (χ1v) is 7.52. The van der Waals surface area contributed by atoms with E-state index in [-0.39, 0.29) is 5.73 Å². The van der Waals surface area contributed by atoms with Crippen molar-refractivity contribution < 1.29 is 18.0 Å². The number of methoxy groups -OCH3 is 1. The Bertz CT molecular complexity index is 151. The average molecular weight is 254 g/mol. The fourth-order valence-electron chi connectivity index (χ4n) is 1.40. The Labute approximate surface area is 99.0 Å². The molecule has 0 aliphatic heterocycles. The van der Waals surface area contributed by atoms with Gasteiger partial charge in [-0.25, -0.2) is 0 Å². The fraction of sp³-hybridized carbons (Fsp3) is 1.00. The van der Waals surface area contributed by atoms with Crippen LogP contribution in [0, 0.1) is 0 Å². The van der Waals surface area contributed by atoms with Crippen molar-refractivity contribution in [3.8, 4) is 0 Å². The van der Waals surface area contributed by atoms with Crippen LogP contribution in [0.3, 0.4) is 0 Å². The molecule has 0 bridgehead atoms. The van der Waals surface area contributed by atoms with Gasteiger partial charge in [0, 0.05) is 27.9 Å². The number of hydrogen-bond donors (Lipinski definition) is 1. The summed E-state index contributed by atoms with van der Waals surface area (Å²) in [6.07, 6.45) is 1.69. The molecule has 0 radical (unpaired) electrons. The van der Waals surface area contributed by atoms with Gasteiger partial charge >= 0.3 is 8.80 Å². The highest BCUT2D eigenvalue weighted by Gasteiger charge is 2.47. The molecular formula is C9H22O4SSi. The van der Waals surface area contributed by atoms with Crippen molar-refractivity contribution in [2.45, 2.75) is 25.5 Å². The highest BCUT2D eigenvalue weighted by atomic mass is 32.1. The minimum Gasteiger partial charge on any atom is -0.377 e. The maximum atomic E-state index is 5.73. The molecule has 0 spiro atoms. The average Bonchev–Trinajstić information content (AvgIpc) is 2.28. The molecule has 0 rings (SSSR count). The molecule has 6 heteroatoms. The molecule has 0 aromatic carbocycles. The van der Waals surface area contributed by atoms with Gasteiger partial charge < -0.3 is 18.0 Å². The standard InChI is InChI=1S/C9H22O4SSi/c1-5-9(10-2)15(11-3,12-4)13-7-6-8-14/h9,14H,5-8H2,1-4H3. The Hall–Kier alpha value is 0.407. The van der Waals surface area contributed by atoms with Crippen LogP contribution in [0.4, 0.5) is 0 Å². The summed E-state index contributed by atoms with van der Waals surface area (Å²) in [5, 5.41) is 0. The van der Waals surface area contributed by atoms with E-state index in [0.717, 1.165) is 18.6 Å². The quantitative estimate of drug-likeness (QED) is 0.384. The van der Waals surface area contributed by atoms with Crippen molar-refractivity contribution in [3.05, 3.63) is 0 Å². The summed E-state index contributed by atoms with van der Waals surface area (Å²) in [7, 11) is 2.20. The second-order valence-corrected chi connectivity index (χ2v) is 6.47. The summed E-state index contributed by atoms with van der Waals surface area (Å²) in [4.78, 5) is 0. The third kappa shape index (κ3) is 4.42. The molecule has 0 fully saturated rings. The number of thiol groups is 1. The van der Waals surface area contributed by atoms with E-state index in [2.05, 4.69) is 12.6 Å². The zero-order chi connectivity index (χ0) is 11.7. The molecular weight excluding hydrogens is 232 g/mol. The first-order chi connectivity index (χ1) is 7.20. The summed E-state index contributed by atoms with van der Waals surface area (Å²) in [5.41, 5.74) is -0.104. The van der Waals surface area contributed by atoms with E-state index in [1.807, 2.05) is 6.92 Å². The lowest BCUT2D eigenvalue weighted by atomic mass is 10.5. The van der Waals surface area contributed by atoms with E-state index in [4.69, 9.17) is 18.0 Å². The van der Waals surface area contributed by atoms with Crippen LogP contribution < -0.4 is 0 Å². The zero-order valence-corrected chi connectivity index (χ0v) is 11.9. The second-order valence-electron chi connectivity index (χ2n) is 3.07. The van der Waals surface area contributed by atoms with Crippen molar-refractivity contribution in [2.75, 3.05) is 33.7 Å². The Balaban J connectivity index is 4.40. The lowest BCUT2D eigenvalue weighted by molar-refractivity contribution is 0.0220. The van der Waals surface area contributed by atoms with Crippen molar-refractivity contribution in [3.63, 3.8) is 0 Å². The van der Waals surface area contributed by atoms with Crippen LogP contribution in [-0.4, -0.2) is 48.2 Å². The molecule has 0 amide bonds. The Kier molecular flexibility index (Phi) is 8.78. The normalized spacial score (nSPS) is 14.2. The van der Waals surface area contributed by atoms with Crippen LogP contribution in [0.15, 0.2) is 0 Å². The summed E-state index contributed by atoms with van der Waals surface area (Å²) in [6.45, 7) is 2.62. The van der Waals surface area contributed by atoms with Crippen molar-refractivity contribution in [1.29, 1.82) is 0 Å². The highest BCUT2D eigenvalue weighted by Crippen LogP contribution is 2.18. The van der Waals surface area contributed by atoms with Crippen LogP contribution in [0.2, 0.25) is 0 Å². The molecule has 4 nitrogen and oxygen atoms in total. The molecule has 0 heterocycles. The van der Waals surface area contributed by atoms with E-state index in [0.29, 0.717) is 6.61 Å². The van der Waals surface area contributed by atoms with Crippen molar-refractivity contribution >= 4 is 21.4 Å². The van der Waals surface area contributed by atoms with E-state index in [1.54, 1.807) is 21.3 Å². The molecule has 1 unspecified atom stereocenters. The Morgan fingerprint density at radius 3 is 2.13 bits per heavy atom. The molecule has 0 aliphatic rings. The van der Waals surface area contributed by atoms with Crippen LogP contribution in [-0.2, 0) is 18.0 Å². The van der Waals surface area contributed by atoms with Gasteiger partial charge in [0.25, 0.3) is 0 Å². The Morgan fingerprint density at radius 2 is 1.80 bits per heavy atom. The van der Waals surface area contributed by atoms with Gasteiger partial charge in [0.15, 0.2) is 0 Å². The minimum absolute atomic E-state index is 0.104. The molecule has 1 atom stereocenters. The first kappa shape index (κ1) is 15.4. The third-order valence-corrected chi connectivity index (χ3v) is 5.72. The van der Waals surface area contributed by atoms with Gasteiger partial charge in [-0.3, -0.25) is 0 Å². The molecule has 0 saturated heterocycles. The number of ether oxygens (including phenoxy) is 1. The van der Waals surface area contributed by atoms with Gasteiger partial charge in [-0.2, -0.15) is 12.6 Å². The van der Waals surface area contributed by atoms with Crippen LogP contribution in [0.5, 0.6) is 0 Å². The van der Waals surface area contributed by atoms with E-state index >= 15 is 0 Å². The first-order valence-electron chi connectivity index (χ1n) is 5.08. The molecule has 0 aromatic heterocycles. The predicted molar refractivity (Wildman–Crippen MR) is 65.3 cm³/mol. The topological polar surface area (TPSA) is 36.9 Å². The smallest absolute Gasteiger partial charge is 0.377 e. The molecule has 0 saturated carbocycles. The largest absolute Gasteiger partial charge is 0.530 e. The highest BCUT2D eigenvalue weighted by molar-refractivity contribution is 7.80. The van der Waals surface area contributed by atoms with E-state index in [9.17, 15) is 0 Å². The van der Waals surface area contributed by atoms with Crippen molar-refractivity contribution in [2.24, 2.45) is 0 Å². The van der Waals surface area contributed by atoms with Gasteiger partial charge in [0.1, 0.15) is 5.73 Å². The molecule has 92 valence electrons. The third-order valence-electron chi connectivity index (χ3n) is 2.22. The van der Waals surface area contributed by atoms with Gasteiger partial charge in [0.05, 0.1) is 0 Å². The molecule has 0 N–H and O–H groups in total. The lowest BCUT2D eigenvalue weighted by Crippen LogP contribution is -2.55. The summed E-state index contributed by atoms with van der Waals surface area (Å²) < 4.78 is 21.9. The van der Waals surface area contributed by atoms with E-state index in [1.165, 1.54) is 0 Å². The molecule has 0 aromatic rings. The molecule has 15 heavy (non-hydrogen) atoms. The van der Waals surface area contributed by atoms with Crippen molar-refractivity contribution in [1.82, 2.24) is 0 Å². The number of rotatable bonds is 9. The number of hydrogen-bond acceptors (Lipinski definition) is 5. The molecule has 0 aliphatic carbocycles. The maximum Gasteiger partial charge on any atom is 0.530 e.